The predicted octanol–water partition coefficient (Wildman–Crippen LogP) is 3.02. The maximum atomic E-state index is 11.7. The molecule has 1 aromatic rings. The molecular formula is C23H38IN5O2. The van der Waals surface area contributed by atoms with Crippen molar-refractivity contribution in [3.8, 4) is 5.75 Å². The Hall–Kier alpha value is -1.55. The summed E-state index contributed by atoms with van der Waals surface area (Å²) >= 11 is 0. The number of rotatable bonds is 10. The summed E-state index contributed by atoms with van der Waals surface area (Å²) in [5.74, 6) is 2.03. The lowest BCUT2D eigenvalue weighted by molar-refractivity contribution is -0.127. The zero-order valence-corrected chi connectivity index (χ0v) is 21.3. The molecule has 2 aliphatic rings. The van der Waals surface area contributed by atoms with Gasteiger partial charge in [0.2, 0.25) is 5.91 Å². The van der Waals surface area contributed by atoms with Gasteiger partial charge in [0.15, 0.2) is 5.96 Å². The molecule has 2 heterocycles. The number of ether oxygens (including phenoxy) is 1. The highest BCUT2D eigenvalue weighted by molar-refractivity contribution is 14.0. The Morgan fingerprint density at radius 1 is 1.19 bits per heavy atom. The van der Waals surface area contributed by atoms with Crippen LogP contribution in [0.3, 0.4) is 0 Å². The molecule has 3 rings (SSSR count). The molecule has 2 N–H and O–H groups in total. The van der Waals surface area contributed by atoms with E-state index in [4.69, 9.17) is 9.73 Å². The van der Waals surface area contributed by atoms with E-state index >= 15 is 0 Å². The number of hydrogen-bond acceptors (Lipinski definition) is 4. The minimum absolute atomic E-state index is 0. The molecular weight excluding hydrogens is 505 g/mol. The Morgan fingerprint density at radius 2 is 2.00 bits per heavy atom. The van der Waals surface area contributed by atoms with Crippen LogP contribution in [0.1, 0.15) is 50.6 Å². The van der Waals surface area contributed by atoms with Crippen LogP contribution in [-0.4, -0.2) is 74.6 Å². The number of guanidine groups is 1. The van der Waals surface area contributed by atoms with Crippen molar-refractivity contribution in [1.29, 1.82) is 0 Å². The fourth-order valence-corrected chi connectivity index (χ4v) is 4.27. The van der Waals surface area contributed by atoms with Gasteiger partial charge in [-0.3, -0.25) is 14.7 Å². The molecule has 8 heteroatoms. The maximum Gasteiger partial charge on any atom is 0.222 e. The van der Waals surface area contributed by atoms with Crippen molar-refractivity contribution in [2.24, 2.45) is 4.99 Å². The molecule has 2 aliphatic heterocycles. The van der Waals surface area contributed by atoms with Crippen molar-refractivity contribution in [2.75, 3.05) is 52.9 Å². The molecule has 1 unspecified atom stereocenters. The van der Waals surface area contributed by atoms with Gasteiger partial charge in [0, 0.05) is 32.6 Å². The summed E-state index contributed by atoms with van der Waals surface area (Å²) in [6.45, 7) is 8.38. The first-order valence-corrected chi connectivity index (χ1v) is 11.4. The number of likely N-dealkylation sites (tertiary alicyclic amines) is 2. The molecule has 1 atom stereocenters. The molecule has 0 saturated carbocycles. The zero-order chi connectivity index (χ0) is 21.2. The average molecular weight is 543 g/mol. The third kappa shape index (κ3) is 7.82. The summed E-state index contributed by atoms with van der Waals surface area (Å²) in [5, 5.41) is 6.79. The Morgan fingerprint density at radius 3 is 2.68 bits per heavy atom. The lowest BCUT2D eigenvalue weighted by Gasteiger charge is -2.27. The van der Waals surface area contributed by atoms with Crippen LogP contribution in [0.25, 0.3) is 0 Å². The second-order valence-electron chi connectivity index (χ2n) is 8.02. The van der Waals surface area contributed by atoms with Crippen molar-refractivity contribution in [2.45, 2.75) is 45.1 Å². The van der Waals surface area contributed by atoms with Gasteiger partial charge >= 0.3 is 0 Å². The monoisotopic (exact) mass is 543 g/mol. The van der Waals surface area contributed by atoms with Crippen molar-refractivity contribution in [3.63, 3.8) is 0 Å². The molecule has 7 nitrogen and oxygen atoms in total. The second kappa shape index (κ2) is 13.8. The fraction of sp³-hybridized carbons (Fsp3) is 0.652. The van der Waals surface area contributed by atoms with E-state index in [1.165, 1.54) is 18.4 Å². The summed E-state index contributed by atoms with van der Waals surface area (Å²) in [5.41, 5.74) is 1.25. The summed E-state index contributed by atoms with van der Waals surface area (Å²) in [4.78, 5) is 21.1. The third-order valence-corrected chi connectivity index (χ3v) is 5.90. The maximum absolute atomic E-state index is 11.7. The summed E-state index contributed by atoms with van der Waals surface area (Å²) in [6.07, 6.45) is 5.13. The third-order valence-electron chi connectivity index (χ3n) is 5.90. The van der Waals surface area contributed by atoms with E-state index < -0.39 is 0 Å². The Kier molecular flexibility index (Phi) is 11.4. The van der Waals surface area contributed by atoms with Crippen LogP contribution in [0.15, 0.2) is 29.3 Å². The Balaban J connectivity index is 0.00000341. The van der Waals surface area contributed by atoms with Gasteiger partial charge in [-0.15, -0.1) is 24.0 Å². The second-order valence-corrected chi connectivity index (χ2v) is 8.02. The molecule has 0 aromatic heterocycles. The van der Waals surface area contributed by atoms with Gasteiger partial charge in [-0.05, 0) is 63.4 Å². The zero-order valence-electron chi connectivity index (χ0n) is 18.9. The molecule has 0 spiro atoms. The molecule has 2 saturated heterocycles. The molecule has 174 valence electrons. The number of hydrogen-bond donors (Lipinski definition) is 2. The van der Waals surface area contributed by atoms with E-state index in [0.717, 1.165) is 63.8 Å². The SMILES string of the molecule is CCNC(=NCC(c1cccc(OC)c1)N1CCCC1)NCCCN1CCCC1=O.I. The normalized spacial score (nSPS) is 18.1. The van der Waals surface area contributed by atoms with Crippen LogP contribution >= 0.6 is 24.0 Å². The summed E-state index contributed by atoms with van der Waals surface area (Å²) in [7, 11) is 1.71. The Labute approximate surface area is 204 Å². The first-order valence-electron chi connectivity index (χ1n) is 11.4. The Bertz CT molecular complexity index is 709. The summed E-state index contributed by atoms with van der Waals surface area (Å²) < 4.78 is 5.44. The average Bonchev–Trinajstić information content (AvgIpc) is 3.43. The number of aliphatic imine (C=N–C) groups is 1. The first-order chi connectivity index (χ1) is 14.7. The van der Waals surface area contributed by atoms with Gasteiger partial charge in [0.05, 0.1) is 19.7 Å². The first kappa shape index (κ1) is 25.7. The van der Waals surface area contributed by atoms with E-state index in [1.807, 2.05) is 11.0 Å². The number of benzene rings is 1. The molecule has 2 fully saturated rings. The standard InChI is InChI=1S/C23H37N5O2.HI/c1-3-24-23(25-12-8-16-28-15-7-11-22(28)29)26-18-21(27-13-4-5-14-27)19-9-6-10-20(17-19)30-2;/h6,9-10,17,21H,3-5,7-8,11-16,18H2,1-2H3,(H2,24,25,26);1H. The quantitative estimate of drug-likeness (QED) is 0.206. The van der Waals surface area contributed by atoms with E-state index in [0.29, 0.717) is 18.9 Å². The molecule has 1 aromatic carbocycles. The lowest BCUT2D eigenvalue weighted by atomic mass is 10.1. The van der Waals surface area contributed by atoms with Gasteiger partial charge < -0.3 is 20.3 Å². The van der Waals surface area contributed by atoms with Gasteiger partial charge in [-0.1, -0.05) is 12.1 Å². The number of nitrogens with zero attached hydrogens (tertiary/aromatic N) is 3. The topological polar surface area (TPSA) is 69.2 Å². The van der Waals surface area contributed by atoms with Crippen LogP contribution in [0, 0.1) is 0 Å². The van der Waals surface area contributed by atoms with Crippen LogP contribution < -0.4 is 15.4 Å². The van der Waals surface area contributed by atoms with Gasteiger partial charge in [0.25, 0.3) is 0 Å². The number of halogens is 1. The van der Waals surface area contributed by atoms with E-state index in [2.05, 4.69) is 40.7 Å². The lowest BCUT2D eigenvalue weighted by Crippen LogP contribution is -2.39. The van der Waals surface area contributed by atoms with Crippen LogP contribution in [0.2, 0.25) is 0 Å². The van der Waals surface area contributed by atoms with Crippen molar-refractivity contribution in [1.82, 2.24) is 20.4 Å². The number of carbonyl (C=O) groups excluding carboxylic acids is 1. The van der Waals surface area contributed by atoms with E-state index in [1.54, 1.807) is 7.11 Å². The van der Waals surface area contributed by atoms with E-state index in [9.17, 15) is 4.79 Å². The van der Waals surface area contributed by atoms with Gasteiger partial charge in [0.1, 0.15) is 5.75 Å². The number of nitrogens with one attached hydrogen (secondary N) is 2. The smallest absolute Gasteiger partial charge is 0.222 e. The van der Waals surface area contributed by atoms with Crippen molar-refractivity contribution >= 4 is 35.8 Å². The van der Waals surface area contributed by atoms with Crippen LogP contribution in [0.4, 0.5) is 0 Å². The van der Waals surface area contributed by atoms with Crippen molar-refractivity contribution < 1.29 is 9.53 Å². The minimum atomic E-state index is 0. The number of amides is 1. The fourth-order valence-electron chi connectivity index (χ4n) is 4.27. The van der Waals surface area contributed by atoms with Crippen LogP contribution in [0.5, 0.6) is 5.75 Å². The largest absolute Gasteiger partial charge is 0.497 e. The number of methoxy groups -OCH3 is 1. The highest BCUT2D eigenvalue weighted by Crippen LogP contribution is 2.27. The van der Waals surface area contributed by atoms with Gasteiger partial charge in [-0.25, -0.2) is 0 Å². The predicted molar refractivity (Wildman–Crippen MR) is 136 cm³/mol. The highest BCUT2D eigenvalue weighted by atomic mass is 127. The highest BCUT2D eigenvalue weighted by Gasteiger charge is 2.24. The number of carbonyl (C=O) groups is 1. The van der Waals surface area contributed by atoms with Gasteiger partial charge in [-0.2, -0.15) is 0 Å². The van der Waals surface area contributed by atoms with Crippen LogP contribution in [-0.2, 0) is 4.79 Å². The van der Waals surface area contributed by atoms with E-state index in [-0.39, 0.29) is 30.0 Å². The molecule has 0 bridgehead atoms. The molecule has 31 heavy (non-hydrogen) atoms. The molecule has 1 amide bonds. The molecule has 0 aliphatic carbocycles. The summed E-state index contributed by atoms with van der Waals surface area (Å²) in [6, 6.07) is 8.61. The molecule has 0 radical (unpaired) electrons. The van der Waals surface area contributed by atoms with Crippen molar-refractivity contribution in [3.05, 3.63) is 29.8 Å². The minimum Gasteiger partial charge on any atom is -0.497 e.